The maximum Gasteiger partial charge on any atom is 0.306 e. The van der Waals surface area contributed by atoms with Gasteiger partial charge in [0.2, 0.25) is 0 Å². The lowest BCUT2D eigenvalue weighted by molar-refractivity contribution is -0.167. The van der Waals surface area contributed by atoms with Crippen molar-refractivity contribution in [1.82, 2.24) is 0 Å². The number of hydrogen-bond acceptors (Lipinski definition) is 6. The Morgan fingerprint density at radius 1 is 0.229 bits per heavy atom. The van der Waals surface area contributed by atoms with E-state index >= 15 is 0 Å². The number of hydrogen-bond donors (Lipinski definition) is 0. The average Bonchev–Trinajstić information content (AvgIpc) is 3.48. The van der Waals surface area contributed by atoms with E-state index in [2.05, 4.69) is 32.9 Å². The van der Waals surface area contributed by atoms with E-state index < -0.39 is 6.10 Å². The number of carbonyl (C=O) groups is 3. The maximum atomic E-state index is 12.9. The van der Waals surface area contributed by atoms with Crippen molar-refractivity contribution in [2.45, 2.75) is 451 Å². The van der Waals surface area contributed by atoms with Crippen molar-refractivity contribution in [3.8, 4) is 0 Å². The van der Waals surface area contributed by atoms with Crippen LogP contribution in [-0.2, 0) is 28.6 Å². The summed E-state index contributed by atoms with van der Waals surface area (Å²) in [7, 11) is 0. The lowest BCUT2D eigenvalue weighted by Crippen LogP contribution is -2.30. The summed E-state index contributed by atoms with van der Waals surface area (Å²) in [6.07, 6.45) is 88.6. The Kier molecular flexibility index (Phi) is 71.0. The zero-order valence-electron chi connectivity index (χ0n) is 56.8. The number of esters is 3. The molecule has 0 rings (SSSR count). The van der Waals surface area contributed by atoms with Gasteiger partial charge in [0.15, 0.2) is 6.10 Å². The highest BCUT2D eigenvalue weighted by molar-refractivity contribution is 5.71. The number of allylic oxidation sites excluding steroid dienone is 2. The minimum absolute atomic E-state index is 0.0659. The van der Waals surface area contributed by atoms with Crippen LogP contribution in [0.4, 0.5) is 0 Å². The van der Waals surface area contributed by atoms with Crippen LogP contribution in [0.15, 0.2) is 12.2 Å². The third-order valence-corrected chi connectivity index (χ3v) is 17.8. The fourth-order valence-electron chi connectivity index (χ4n) is 12.0. The largest absolute Gasteiger partial charge is 0.462 e. The molecule has 1 unspecified atom stereocenters. The van der Waals surface area contributed by atoms with Crippen LogP contribution in [0, 0.1) is 0 Å². The molecular weight excluding hydrogens is 1020 g/mol. The Morgan fingerprint density at radius 2 is 0.410 bits per heavy atom. The van der Waals surface area contributed by atoms with Gasteiger partial charge in [-0.3, -0.25) is 14.4 Å². The fourth-order valence-corrected chi connectivity index (χ4v) is 12.0. The maximum absolute atomic E-state index is 12.9. The van der Waals surface area contributed by atoms with Gasteiger partial charge in [0.1, 0.15) is 13.2 Å². The average molecular weight is 1170 g/mol. The second-order valence-electron chi connectivity index (χ2n) is 26.3. The lowest BCUT2D eigenvalue weighted by atomic mass is 10.0. The predicted octanol–water partition coefficient (Wildman–Crippen LogP) is 26.3. The van der Waals surface area contributed by atoms with E-state index in [-0.39, 0.29) is 31.1 Å². The van der Waals surface area contributed by atoms with Crippen LogP contribution in [0.2, 0.25) is 0 Å². The van der Waals surface area contributed by atoms with E-state index in [0.29, 0.717) is 19.3 Å². The molecular formula is C77H148O6. The molecule has 0 aromatic heterocycles. The van der Waals surface area contributed by atoms with Crippen molar-refractivity contribution in [1.29, 1.82) is 0 Å². The monoisotopic (exact) mass is 1170 g/mol. The van der Waals surface area contributed by atoms with Gasteiger partial charge < -0.3 is 14.2 Å². The second kappa shape index (κ2) is 72.6. The van der Waals surface area contributed by atoms with Crippen LogP contribution < -0.4 is 0 Å². The van der Waals surface area contributed by atoms with Gasteiger partial charge in [-0.05, 0) is 38.5 Å². The Balaban J connectivity index is 4.01. The van der Waals surface area contributed by atoms with Crippen LogP contribution in [0.3, 0.4) is 0 Å². The Morgan fingerprint density at radius 3 is 0.639 bits per heavy atom. The summed E-state index contributed by atoms with van der Waals surface area (Å²) in [5.74, 6) is -0.841. The molecule has 0 heterocycles. The normalized spacial score (nSPS) is 12.0. The minimum Gasteiger partial charge on any atom is -0.462 e. The van der Waals surface area contributed by atoms with E-state index in [9.17, 15) is 14.4 Å². The molecule has 492 valence electrons. The van der Waals surface area contributed by atoms with E-state index in [1.54, 1.807) is 0 Å². The molecule has 0 N–H and O–H groups in total. The molecule has 0 fully saturated rings. The smallest absolute Gasteiger partial charge is 0.306 e. The van der Waals surface area contributed by atoms with Crippen LogP contribution in [-0.4, -0.2) is 37.2 Å². The molecule has 0 spiro atoms. The molecule has 6 nitrogen and oxygen atoms in total. The third kappa shape index (κ3) is 70.8. The summed E-state index contributed by atoms with van der Waals surface area (Å²) in [5, 5.41) is 0. The summed E-state index contributed by atoms with van der Waals surface area (Å²) in [6.45, 7) is 6.69. The second-order valence-corrected chi connectivity index (χ2v) is 26.3. The SMILES string of the molecule is CCCC/C=C\CCCCCCCC(=O)OCC(COC(=O)CCCCCCCCCCCCCCCCCCCCCCCCCCCCCCCCCCCCC)OC(=O)CCCCCCCCCCCCCCCCCCCCC. The first-order valence-electron chi connectivity index (χ1n) is 38.2. The Labute approximate surface area is 520 Å². The third-order valence-electron chi connectivity index (χ3n) is 17.8. The van der Waals surface area contributed by atoms with Crippen LogP contribution in [0.5, 0.6) is 0 Å². The molecule has 0 aliphatic rings. The quantitative estimate of drug-likeness (QED) is 0.0261. The molecule has 0 saturated carbocycles. The van der Waals surface area contributed by atoms with Crippen molar-refractivity contribution in [3.63, 3.8) is 0 Å². The van der Waals surface area contributed by atoms with Gasteiger partial charge in [0.25, 0.3) is 0 Å². The summed E-state index contributed by atoms with van der Waals surface area (Å²) < 4.78 is 17.0. The molecule has 83 heavy (non-hydrogen) atoms. The van der Waals surface area contributed by atoms with Crippen LogP contribution in [0.1, 0.15) is 445 Å². The lowest BCUT2D eigenvalue weighted by Gasteiger charge is -2.18. The zero-order valence-corrected chi connectivity index (χ0v) is 56.8. The van der Waals surface area contributed by atoms with Gasteiger partial charge >= 0.3 is 17.9 Å². The Bertz CT molecular complexity index is 1300. The first-order valence-corrected chi connectivity index (χ1v) is 38.2. The minimum atomic E-state index is -0.769. The molecule has 0 radical (unpaired) electrons. The van der Waals surface area contributed by atoms with Crippen LogP contribution >= 0.6 is 0 Å². The van der Waals surface area contributed by atoms with Crippen molar-refractivity contribution in [3.05, 3.63) is 12.2 Å². The predicted molar refractivity (Wildman–Crippen MR) is 363 cm³/mol. The van der Waals surface area contributed by atoms with Gasteiger partial charge in [-0.1, -0.05) is 399 Å². The molecule has 0 amide bonds. The topological polar surface area (TPSA) is 78.9 Å². The molecule has 1 atom stereocenters. The van der Waals surface area contributed by atoms with Crippen molar-refractivity contribution in [2.24, 2.45) is 0 Å². The number of carbonyl (C=O) groups excluding carboxylic acids is 3. The van der Waals surface area contributed by atoms with Gasteiger partial charge in [-0.25, -0.2) is 0 Å². The first kappa shape index (κ1) is 81.2. The van der Waals surface area contributed by atoms with E-state index in [0.717, 1.165) is 64.2 Å². The standard InChI is InChI=1S/C77H148O6/c1-4-7-10-13-16-19-22-24-26-28-30-31-32-33-34-35-36-37-38-39-40-41-42-43-44-45-47-48-50-52-55-58-61-64-67-70-76(79)82-73-74(72-81-75(78)69-66-63-60-57-54-21-18-15-12-9-6-3)83-77(80)71-68-65-62-59-56-53-51-49-46-29-27-25-23-20-17-14-11-8-5-2/h15,18,74H,4-14,16-17,19-73H2,1-3H3/b18-15-. The van der Waals surface area contributed by atoms with Crippen molar-refractivity contribution < 1.29 is 28.6 Å². The summed E-state index contributed by atoms with van der Waals surface area (Å²) in [6, 6.07) is 0. The summed E-state index contributed by atoms with van der Waals surface area (Å²) in [4.78, 5) is 38.4. The summed E-state index contributed by atoms with van der Waals surface area (Å²) >= 11 is 0. The molecule has 6 heteroatoms. The molecule has 0 aliphatic heterocycles. The summed E-state index contributed by atoms with van der Waals surface area (Å²) in [5.41, 5.74) is 0. The number of unbranched alkanes of at least 4 members (excludes halogenated alkanes) is 59. The number of ether oxygens (including phenoxy) is 3. The molecule has 0 aromatic carbocycles. The highest BCUT2D eigenvalue weighted by Gasteiger charge is 2.20. The molecule has 0 bridgehead atoms. The van der Waals surface area contributed by atoms with Gasteiger partial charge in [0, 0.05) is 19.3 Å². The van der Waals surface area contributed by atoms with E-state index in [4.69, 9.17) is 14.2 Å². The van der Waals surface area contributed by atoms with Crippen molar-refractivity contribution in [2.75, 3.05) is 13.2 Å². The van der Waals surface area contributed by atoms with Gasteiger partial charge in [-0.15, -0.1) is 0 Å². The van der Waals surface area contributed by atoms with Crippen LogP contribution in [0.25, 0.3) is 0 Å². The Hall–Kier alpha value is -1.85. The molecule has 0 saturated heterocycles. The number of rotatable bonds is 72. The first-order chi connectivity index (χ1) is 41.0. The highest BCUT2D eigenvalue weighted by atomic mass is 16.6. The highest BCUT2D eigenvalue weighted by Crippen LogP contribution is 2.20. The van der Waals surface area contributed by atoms with Gasteiger partial charge in [0.05, 0.1) is 0 Å². The zero-order chi connectivity index (χ0) is 59.9. The van der Waals surface area contributed by atoms with Crippen molar-refractivity contribution >= 4 is 17.9 Å². The molecule has 0 aliphatic carbocycles. The van der Waals surface area contributed by atoms with Gasteiger partial charge in [-0.2, -0.15) is 0 Å². The van der Waals surface area contributed by atoms with E-state index in [1.165, 1.54) is 340 Å². The van der Waals surface area contributed by atoms with E-state index in [1.807, 2.05) is 0 Å². The molecule has 0 aromatic rings. The fraction of sp³-hybridized carbons (Fsp3) is 0.935.